The van der Waals surface area contributed by atoms with Crippen molar-refractivity contribution in [2.45, 2.75) is 259 Å². The molecule has 0 aliphatic heterocycles. The summed E-state index contributed by atoms with van der Waals surface area (Å²) in [6.07, 6.45) is 38.3. The Morgan fingerprint density at radius 2 is 0.623 bits per heavy atom. The van der Waals surface area contributed by atoms with Crippen LogP contribution in [-0.4, -0.2) is 37.2 Å². The zero-order valence-electron chi connectivity index (χ0n) is 36.1. The second-order valence-corrected chi connectivity index (χ2v) is 17.0. The molecule has 314 valence electrons. The van der Waals surface area contributed by atoms with Crippen LogP contribution in [0.4, 0.5) is 0 Å². The molecule has 0 rings (SSSR count). The summed E-state index contributed by atoms with van der Waals surface area (Å²) in [5.74, 6) is 0.749. The van der Waals surface area contributed by atoms with Gasteiger partial charge >= 0.3 is 17.9 Å². The highest BCUT2D eigenvalue weighted by atomic mass is 16.6. The highest BCUT2D eigenvalue weighted by Gasteiger charge is 2.19. The van der Waals surface area contributed by atoms with Gasteiger partial charge < -0.3 is 14.2 Å². The van der Waals surface area contributed by atoms with Crippen molar-refractivity contribution >= 4 is 17.9 Å². The third kappa shape index (κ3) is 41.4. The van der Waals surface area contributed by atoms with Crippen molar-refractivity contribution in [2.24, 2.45) is 11.8 Å². The Balaban J connectivity index is 4.13. The van der Waals surface area contributed by atoms with Gasteiger partial charge in [0.05, 0.1) is 0 Å². The molecular formula is C47H90O6. The molecule has 53 heavy (non-hydrogen) atoms. The first-order chi connectivity index (χ1) is 25.7. The number of carbonyl (C=O) groups excluding carboxylic acids is 3. The van der Waals surface area contributed by atoms with Gasteiger partial charge in [0.25, 0.3) is 0 Å². The number of esters is 3. The fraction of sp³-hybridized carbons (Fsp3) is 0.936. The zero-order chi connectivity index (χ0) is 39.0. The van der Waals surface area contributed by atoms with Gasteiger partial charge in [-0.25, -0.2) is 0 Å². The van der Waals surface area contributed by atoms with Gasteiger partial charge in [-0.3, -0.25) is 14.4 Å². The van der Waals surface area contributed by atoms with E-state index in [9.17, 15) is 14.4 Å². The van der Waals surface area contributed by atoms with E-state index in [-0.39, 0.29) is 31.1 Å². The first kappa shape index (κ1) is 51.4. The fourth-order valence-electron chi connectivity index (χ4n) is 6.93. The SMILES string of the molecule is CCCCCCCCCC(=O)O[C@H](COC(=O)CCCCCCCCCCCCCCCCCCC(C)C)COC(=O)CCCCCCCCC(C)C. The van der Waals surface area contributed by atoms with Gasteiger partial charge in [-0.1, -0.05) is 214 Å². The lowest BCUT2D eigenvalue weighted by Crippen LogP contribution is -2.30. The molecule has 6 nitrogen and oxygen atoms in total. The van der Waals surface area contributed by atoms with Gasteiger partial charge in [-0.05, 0) is 31.1 Å². The van der Waals surface area contributed by atoms with E-state index in [4.69, 9.17) is 14.2 Å². The lowest BCUT2D eigenvalue weighted by molar-refractivity contribution is -0.167. The summed E-state index contributed by atoms with van der Waals surface area (Å²) in [5, 5.41) is 0. The summed E-state index contributed by atoms with van der Waals surface area (Å²) >= 11 is 0. The maximum atomic E-state index is 12.6. The molecule has 0 saturated heterocycles. The molecule has 0 heterocycles. The summed E-state index contributed by atoms with van der Waals surface area (Å²) in [6.45, 7) is 11.2. The predicted molar refractivity (Wildman–Crippen MR) is 224 cm³/mol. The Labute approximate surface area is 329 Å². The van der Waals surface area contributed by atoms with Crippen LogP contribution in [0.2, 0.25) is 0 Å². The molecule has 0 aromatic heterocycles. The second-order valence-electron chi connectivity index (χ2n) is 17.0. The van der Waals surface area contributed by atoms with E-state index in [1.54, 1.807) is 0 Å². The van der Waals surface area contributed by atoms with Crippen molar-refractivity contribution in [3.63, 3.8) is 0 Å². The van der Waals surface area contributed by atoms with Crippen molar-refractivity contribution in [1.29, 1.82) is 0 Å². The Morgan fingerprint density at radius 3 is 0.925 bits per heavy atom. The normalized spacial score (nSPS) is 12.1. The minimum absolute atomic E-state index is 0.0658. The molecule has 0 amide bonds. The van der Waals surface area contributed by atoms with Crippen LogP contribution in [0.15, 0.2) is 0 Å². The molecular weight excluding hydrogens is 661 g/mol. The van der Waals surface area contributed by atoms with Crippen LogP contribution in [0.25, 0.3) is 0 Å². The summed E-state index contributed by atoms with van der Waals surface area (Å²) in [5.41, 5.74) is 0. The largest absolute Gasteiger partial charge is 0.462 e. The summed E-state index contributed by atoms with van der Waals surface area (Å²) < 4.78 is 16.6. The van der Waals surface area contributed by atoms with Gasteiger partial charge in [-0.15, -0.1) is 0 Å². The Kier molecular flexibility index (Phi) is 38.9. The average Bonchev–Trinajstić information content (AvgIpc) is 3.12. The van der Waals surface area contributed by atoms with Gasteiger partial charge in [0.2, 0.25) is 0 Å². The van der Waals surface area contributed by atoms with Gasteiger partial charge in [0.1, 0.15) is 13.2 Å². The van der Waals surface area contributed by atoms with Crippen LogP contribution >= 0.6 is 0 Å². The van der Waals surface area contributed by atoms with E-state index in [0.29, 0.717) is 19.3 Å². The molecule has 0 unspecified atom stereocenters. The molecule has 0 saturated carbocycles. The molecule has 0 radical (unpaired) electrons. The maximum absolute atomic E-state index is 12.6. The van der Waals surface area contributed by atoms with E-state index in [2.05, 4.69) is 34.6 Å². The monoisotopic (exact) mass is 751 g/mol. The first-order valence-corrected chi connectivity index (χ1v) is 23.2. The van der Waals surface area contributed by atoms with Crippen molar-refractivity contribution in [3.8, 4) is 0 Å². The molecule has 6 heteroatoms. The van der Waals surface area contributed by atoms with Crippen LogP contribution in [-0.2, 0) is 28.6 Å². The Morgan fingerprint density at radius 1 is 0.358 bits per heavy atom. The van der Waals surface area contributed by atoms with Crippen molar-refractivity contribution in [1.82, 2.24) is 0 Å². The molecule has 0 bridgehead atoms. The lowest BCUT2D eigenvalue weighted by Gasteiger charge is -2.18. The standard InChI is InChI=1S/C47H90O6/c1-6-7-8-9-20-29-34-39-47(50)53-44(41-52-46(49)38-33-28-24-23-26-31-36-43(4)5)40-51-45(48)37-32-27-22-19-17-15-13-11-10-12-14-16-18-21-25-30-35-42(2)3/h42-44H,6-41H2,1-5H3/t44-/m1/s1. The van der Waals surface area contributed by atoms with E-state index in [0.717, 1.165) is 69.6 Å². The van der Waals surface area contributed by atoms with Crippen LogP contribution in [0, 0.1) is 11.8 Å². The number of ether oxygens (including phenoxy) is 3. The number of unbranched alkanes of at least 4 members (excludes halogenated alkanes) is 26. The molecule has 0 fully saturated rings. The van der Waals surface area contributed by atoms with Gasteiger partial charge in [0.15, 0.2) is 6.10 Å². The quantitative estimate of drug-likeness (QED) is 0.0352. The van der Waals surface area contributed by atoms with E-state index >= 15 is 0 Å². The highest BCUT2D eigenvalue weighted by molar-refractivity contribution is 5.71. The van der Waals surface area contributed by atoms with Crippen LogP contribution < -0.4 is 0 Å². The topological polar surface area (TPSA) is 78.9 Å². The second kappa shape index (κ2) is 40.1. The van der Waals surface area contributed by atoms with Crippen molar-refractivity contribution in [2.75, 3.05) is 13.2 Å². The summed E-state index contributed by atoms with van der Waals surface area (Å²) in [6, 6.07) is 0. The van der Waals surface area contributed by atoms with Crippen LogP contribution in [0.1, 0.15) is 253 Å². The Hall–Kier alpha value is -1.59. The number of carbonyl (C=O) groups is 3. The van der Waals surface area contributed by atoms with Gasteiger partial charge in [0, 0.05) is 19.3 Å². The van der Waals surface area contributed by atoms with Gasteiger partial charge in [-0.2, -0.15) is 0 Å². The molecule has 1 atom stereocenters. The van der Waals surface area contributed by atoms with Crippen molar-refractivity contribution < 1.29 is 28.6 Å². The summed E-state index contributed by atoms with van der Waals surface area (Å²) in [4.78, 5) is 37.5. The van der Waals surface area contributed by atoms with E-state index in [1.807, 2.05) is 0 Å². The fourth-order valence-corrected chi connectivity index (χ4v) is 6.93. The Bertz CT molecular complexity index is 809. The molecule has 0 aliphatic carbocycles. The zero-order valence-corrected chi connectivity index (χ0v) is 36.1. The van der Waals surface area contributed by atoms with Crippen molar-refractivity contribution in [3.05, 3.63) is 0 Å². The number of hydrogen-bond donors (Lipinski definition) is 0. The number of hydrogen-bond acceptors (Lipinski definition) is 6. The minimum atomic E-state index is -0.759. The third-order valence-electron chi connectivity index (χ3n) is 10.5. The first-order valence-electron chi connectivity index (χ1n) is 23.2. The maximum Gasteiger partial charge on any atom is 0.306 e. The molecule has 0 aromatic carbocycles. The summed E-state index contributed by atoms with van der Waals surface area (Å²) in [7, 11) is 0. The lowest BCUT2D eigenvalue weighted by atomic mass is 10.0. The average molecular weight is 751 g/mol. The third-order valence-corrected chi connectivity index (χ3v) is 10.5. The minimum Gasteiger partial charge on any atom is -0.462 e. The molecule has 0 N–H and O–H groups in total. The van der Waals surface area contributed by atoms with Crippen LogP contribution in [0.3, 0.4) is 0 Å². The van der Waals surface area contributed by atoms with E-state index in [1.165, 1.54) is 141 Å². The predicted octanol–water partition coefficient (Wildman–Crippen LogP) is 14.6. The molecule has 0 aliphatic rings. The van der Waals surface area contributed by atoms with Crippen LogP contribution in [0.5, 0.6) is 0 Å². The number of rotatable bonds is 41. The molecule has 0 spiro atoms. The smallest absolute Gasteiger partial charge is 0.306 e. The molecule has 0 aromatic rings. The van der Waals surface area contributed by atoms with E-state index < -0.39 is 6.10 Å². The highest BCUT2D eigenvalue weighted by Crippen LogP contribution is 2.17.